The van der Waals surface area contributed by atoms with Crippen molar-refractivity contribution in [2.45, 2.75) is 45.1 Å². The highest BCUT2D eigenvalue weighted by molar-refractivity contribution is 5.85. The van der Waals surface area contributed by atoms with Gasteiger partial charge in [0.05, 0.1) is 26.2 Å². The van der Waals surface area contributed by atoms with E-state index in [1.54, 1.807) is 6.08 Å². The molecule has 2 aliphatic rings. The van der Waals surface area contributed by atoms with Gasteiger partial charge in [0.2, 0.25) is 0 Å². The lowest BCUT2D eigenvalue weighted by Crippen LogP contribution is -2.61. The normalized spacial score (nSPS) is 27.2. The van der Waals surface area contributed by atoms with E-state index >= 15 is 0 Å². The Morgan fingerprint density at radius 1 is 1.07 bits per heavy atom. The van der Waals surface area contributed by atoms with Gasteiger partial charge in [-0.3, -0.25) is 0 Å². The second kappa shape index (κ2) is 9.18. The molecule has 0 saturated carbocycles. The molecule has 0 bridgehead atoms. The molecule has 0 aromatic heterocycles. The van der Waals surface area contributed by atoms with Crippen LogP contribution in [0.25, 0.3) is 16.8 Å². The van der Waals surface area contributed by atoms with E-state index in [-0.39, 0.29) is 5.97 Å². The first-order chi connectivity index (χ1) is 14.5. The summed E-state index contributed by atoms with van der Waals surface area (Å²) < 4.78 is 6.88. The third kappa shape index (κ3) is 4.84. The highest BCUT2D eigenvalue weighted by Gasteiger charge is 2.43. The zero-order valence-corrected chi connectivity index (χ0v) is 18.3. The quantitative estimate of drug-likeness (QED) is 0.274. The van der Waals surface area contributed by atoms with E-state index in [2.05, 4.69) is 55.6 Å². The summed E-state index contributed by atoms with van der Waals surface area (Å²) in [4.78, 5) is 12.4. The zero-order chi connectivity index (χ0) is 21.0. The molecule has 30 heavy (non-hydrogen) atoms. The predicted octanol–water partition coefficient (Wildman–Crippen LogP) is 5.75. The first-order valence-electron chi connectivity index (χ1n) is 11.4. The number of esters is 1. The number of hydrogen-bond acceptors (Lipinski definition) is 2. The summed E-state index contributed by atoms with van der Waals surface area (Å²) in [6.07, 6.45) is 12.0. The van der Waals surface area contributed by atoms with E-state index in [0.717, 1.165) is 11.1 Å². The third-order valence-electron chi connectivity index (χ3n) is 7.10. The van der Waals surface area contributed by atoms with Crippen molar-refractivity contribution in [2.24, 2.45) is 5.92 Å². The Hall–Kier alpha value is -2.39. The molecule has 0 N–H and O–H groups in total. The summed E-state index contributed by atoms with van der Waals surface area (Å²) in [5.74, 6) is 0.293. The number of allylic oxidation sites excluding steroid dienone is 2. The van der Waals surface area contributed by atoms with Crippen LogP contribution in [-0.4, -0.2) is 43.2 Å². The van der Waals surface area contributed by atoms with Gasteiger partial charge >= 0.3 is 5.97 Å². The third-order valence-corrected chi connectivity index (χ3v) is 7.10. The molecule has 0 amide bonds. The summed E-state index contributed by atoms with van der Waals surface area (Å²) in [5.41, 5.74) is 2.04. The first kappa shape index (κ1) is 20.9. The van der Waals surface area contributed by atoms with Gasteiger partial charge in [-0.2, -0.15) is 0 Å². The second-order valence-corrected chi connectivity index (χ2v) is 9.35. The highest BCUT2D eigenvalue weighted by atomic mass is 16.5. The van der Waals surface area contributed by atoms with Gasteiger partial charge in [-0.25, -0.2) is 4.79 Å². The van der Waals surface area contributed by atoms with Crippen molar-refractivity contribution < 1.29 is 14.0 Å². The van der Waals surface area contributed by atoms with Crippen molar-refractivity contribution in [3.63, 3.8) is 0 Å². The molecule has 3 nitrogen and oxygen atoms in total. The Kier molecular flexibility index (Phi) is 6.38. The summed E-state index contributed by atoms with van der Waals surface area (Å²) in [5, 5.41) is 2.46. The molecule has 2 aromatic rings. The molecule has 3 atom stereocenters. The van der Waals surface area contributed by atoms with Gasteiger partial charge in [-0.1, -0.05) is 48.6 Å². The molecule has 0 aliphatic carbocycles. The lowest BCUT2D eigenvalue weighted by Gasteiger charge is -2.51. The van der Waals surface area contributed by atoms with Crippen LogP contribution in [0, 0.1) is 5.92 Å². The van der Waals surface area contributed by atoms with E-state index in [1.807, 2.05) is 13.0 Å². The lowest BCUT2D eigenvalue weighted by molar-refractivity contribution is -0.947. The molecule has 2 aliphatic heterocycles. The number of carbonyl (C=O) groups excluding carboxylic acids is 1. The Morgan fingerprint density at radius 2 is 1.87 bits per heavy atom. The monoisotopic (exact) mass is 404 g/mol. The molecule has 0 spiro atoms. The molecule has 4 rings (SSSR count). The van der Waals surface area contributed by atoms with Crippen LogP contribution >= 0.6 is 0 Å². The summed E-state index contributed by atoms with van der Waals surface area (Å²) in [6, 6.07) is 15.4. The van der Waals surface area contributed by atoms with Crippen LogP contribution in [0.1, 0.15) is 44.6 Å². The summed E-state index contributed by atoms with van der Waals surface area (Å²) in [6.45, 7) is 5.09. The molecular weight excluding hydrogens is 370 g/mol. The van der Waals surface area contributed by atoms with E-state index in [1.165, 1.54) is 60.4 Å². The molecule has 2 saturated heterocycles. The number of rotatable bonds is 5. The minimum atomic E-state index is -0.216. The van der Waals surface area contributed by atoms with Crippen LogP contribution in [0.2, 0.25) is 0 Å². The molecule has 2 heterocycles. The van der Waals surface area contributed by atoms with Crippen LogP contribution < -0.4 is 0 Å². The Bertz CT molecular complexity index is 956. The number of piperidine rings is 2. The largest absolute Gasteiger partial charge is 0.462 e. The van der Waals surface area contributed by atoms with Gasteiger partial charge in [0, 0.05) is 18.4 Å². The van der Waals surface area contributed by atoms with Gasteiger partial charge in [0.25, 0.3) is 0 Å². The van der Waals surface area contributed by atoms with Crippen molar-refractivity contribution in [1.82, 2.24) is 0 Å². The van der Waals surface area contributed by atoms with Crippen molar-refractivity contribution >= 4 is 22.8 Å². The van der Waals surface area contributed by atoms with Crippen molar-refractivity contribution in [3.8, 4) is 0 Å². The van der Waals surface area contributed by atoms with Crippen molar-refractivity contribution in [1.29, 1.82) is 0 Å². The van der Waals surface area contributed by atoms with E-state index in [4.69, 9.17) is 4.74 Å². The molecular formula is C27H34NO2+. The fourth-order valence-electron chi connectivity index (χ4n) is 5.43. The smallest absolute Gasteiger partial charge is 0.331 e. The topological polar surface area (TPSA) is 26.3 Å². The van der Waals surface area contributed by atoms with Crippen LogP contribution in [0.3, 0.4) is 0 Å². The Morgan fingerprint density at radius 3 is 2.73 bits per heavy atom. The second-order valence-electron chi connectivity index (χ2n) is 9.35. The van der Waals surface area contributed by atoms with E-state index in [9.17, 15) is 4.79 Å². The fourth-order valence-corrected chi connectivity index (χ4v) is 5.43. The number of fused-ring (bicyclic) bond motifs is 2. The number of carbonyl (C=O) groups is 1. The fraction of sp³-hybridized carbons (Fsp3) is 0.444. The van der Waals surface area contributed by atoms with Gasteiger partial charge in [0.1, 0.15) is 6.61 Å². The first-order valence-corrected chi connectivity index (χ1v) is 11.4. The Balaban J connectivity index is 1.33. The van der Waals surface area contributed by atoms with Crippen molar-refractivity contribution in [3.05, 3.63) is 65.8 Å². The van der Waals surface area contributed by atoms with Gasteiger partial charge in [0.15, 0.2) is 0 Å². The summed E-state index contributed by atoms with van der Waals surface area (Å²) in [7, 11) is 2.40. The average Bonchev–Trinajstić information content (AvgIpc) is 2.75. The van der Waals surface area contributed by atoms with E-state index < -0.39 is 0 Å². The maximum absolute atomic E-state index is 12.4. The number of hydrogen-bond donors (Lipinski definition) is 0. The van der Waals surface area contributed by atoms with Crippen molar-refractivity contribution in [2.75, 3.05) is 26.7 Å². The minimum absolute atomic E-state index is 0.216. The van der Waals surface area contributed by atoms with Crippen LogP contribution in [-0.2, 0) is 9.53 Å². The number of quaternary nitrogens is 1. The molecule has 0 radical (unpaired) electrons. The number of ether oxygens (including phenoxy) is 1. The maximum atomic E-state index is 12.4. The van der Waals surface area contributed by atoms with Crippen LogP contribution in [0.4, 0.5) is 0 Å². The van der Waals surface area contributed by atoms with Gasteiger partial charge < -0.3 is 9.22 Å². The SMILES string of the molecule is CC(C=Cc1ccc2ccccc2c1)=CC(=O)OC[C@H]1CCC[N+]2(C)CCCC[C@@H]12. The molecule has 2 aromatic carbocycles. The number of benzene rings is 2. The summed E-state index contributed by atoms with van der Waals surface area (Å²) >= 11 is 0. The average molecular weight is 405 g/mol. The van der Waals surface area contributed by atoms with Crippen LogP contribution in [0.15, 0.2) is 60.2 Å². The molecule has 3 heteroatoms. The van der Waals surface area contributed by atoms with Crippen LogP contribution in [0.5, 0.6) is 0 Å². The predicted molar refractivity (Wildman–Crippen MR) is 124 cm³/mol. The maximum Gasteiger partial charge on any atom is 0.331 e. The van der Waals surface area contributed by atoms with Gasteiger partial charge in [-0.15, -0.1) is 0 Å². The highest BCUT2D eigenvalue weighted by Crippen LogP contribution is 2.36. The van der Waals surface area contributed by atoms with Gasteiger partial charge in [-0.05, 0) is 60.6 Å². The Labute approximate surface area is 180 Å². The lowest BCUT2D eigenvalue weighted by atomic mass is 9.82. The minimum Gasteiger partial charge on any atom is -0.462 e. The molecule has 2 fully saturated rings. The zero-order valence-electron chi connectivity index (χ0n) is 18.3. The molecule has 1 unspecified atom stereocenters. The van der Waals surface area contributed by atoms with E-state index in [0.29, 0.717) is 18.6 Å². The standard InChI is InChI=1S/C27H34NO2/c1-21(12-13-22-14-15-23-8-3-4-9-24(23)19-22)18-27(29)30-20-25-10-7-17-28(2)16-6-5-11-26(25)28/h3-4,8-9,12-15,18-19,25-26H,5-7,10-11,16-17,20H2,1-2H3/q+1/t25-,26+,28?/m1/s1. The number of nitrogens with zero attached hydrogens (tertiary/aromatic N) is 1. The molecule has 158 valence electrons.